The van der Waals surface area contributed by atoms with E-state index in [-0.39, 0.29) is 16.7 Å². The van der Waals surface area contributed by atoms with Crippen molar-refractivity contribution in [2.24, 2.45) is 11.8 Å². The maximum atomic E-state index is 12.7. The summed E-state index contributed by atoms with van der Waals surface area (Å²) in [6.07, 6.45) is 2.00. The number of nitrogens with zero attached hydrogens (tertiary/aromatic N) is 2. The van der Waals surface area contributed by atoms with Gasteiger partial charge in [0.25, 0.3) is 0 Å². The molecule has 1 aromatic carbocycles. The second kappa shape index (κ2) is 8.45. The molecule has 6 nitrogen and oxygen atoms in total. The number of nitrogens with one attached hydrogen (secondary N) is 1. The van der Waals surface area contributed by atoms with Crippen molar-refractivity contribution in [1.29, 1.82) is 5.26 Å². The van der Waals surface area contributed by atoms with Crippen molar-refractivity contribution in [2.45, 2.75) is 38.0 Å². The van der Waals surface area contributed by atoms with E-state index >= 15 is 0 Å². The van der Waals surface area contributed by atoms with Crippen LogP contribution in [-0.4, -0.2) is 38.3 Å². The molecular formula is C18H25N3O3S. The number of piperidine rings is 1. The van der Waals surface area contributed by atoms with Crippen molar-refractivity contribution < 1.29 is 13.2 Å². The Morgan fingerprint density at radius 1 is 1.28 bits per heavy atom. The molecule has 0 unspecified atom stereocenters. The Morgan fingerprint density at radius 2 is 1.88 bits per heavy atom. The second-order valence-electron chi connectivity index (χ2n) is 6.79. The van der Waals surface area contributed by atoms with Gasteiger partial charge >= 0.3 is 0 Å². The third-order valence-corrected chi connectivity index (χ3v) is 6.38. The van der Waals surface area contributed by atoms with Gasteiger partial charge in [-0.15, -0.1) is 0 Å². The summed E-state index contributed by atoms with van der Waals surface area (Å²) in [4.78, 5) is 12.4. The summed E-state index contributed by atoms with van der Waals surface area (Å²) < 4.78 is 26.7. The van der Waals surface area contributed by atoms with Crippen LogP contribution in [0, 0.1) is 23.2 Å². The van der Waals surface area contributed by atoms with Gasteiger partial charge in [-0.25, -0.2) is 8.42 Å². The molecule has 1 N–H and O–H groups in total. The van der Waals surface area contributed by atoms with Crippen LogP contribution in [0.3, 0.4) is 0 Å². The molecule has 0 atom stereocenters. The Bertz CT molecular complexity index is 728. The Kier molecular flexibility index (Phi) is 6.57. The molecule has 1 aliphatic heterocycles. The highest BCUT2D eigenvalue weighted by Crippen LogP contribution is 2.24. The molecule has 0 aromatic heterocycles. The van der Waals surface area contributed by atoms with E-state index in [1.807, 2.05) is 6.07 Å². The molecule has 0 saturated carbocycles. The number of carbonyl (C=O) groups is 1. The van der Waals surface area contributed by atoms with Crippen LogP contribution >= 0.6 is 0 Å². The number of sulfonamides is 1. The van der Waals surface area contributed by atoms with Gasteiger partial charge in [0, 0.05) is 25.6 Å². The molecule has 1 saturated heterocycles. The molecule has 0 aliphatic carbocycles. The molecule has 1 aliphatic rings. The van der Waals surface area contributed by atoms with Crippen LogP contribution < -0.4 is 5.32 Å². The Hall–Kier alpha value is -1.91. The summed E-state index contributed by atoms with van der Waals surface area (Å²) in [6, 6.07) is 7.89. The lowest BCUT2D eigenvalue weighted by Gasteiger charge is -2.30. The normalized spacial score (nSPS) is 16.6. The lowest BCUT2D eigenvalue weighted by atomic mass is 9.97. The van der Waals surface area contributed by atoms with Gasteiger partial charge in [0.15, 0.2) is 0 Å². The summed E-state index contributed by atoms with van der Waals surface area (Å²) in [5.41, 5.74) is 0.427. The van der Waals surface area contributed by atoms with E-state index < -0.39 is 10.0 Å². The monoisotopic (exact) mass is 363 g/mol. The average molecular weight is 363 g/mol. The number of carbonyl (C=O) groups excluding carboxylic acids is 1. The third kappa shape index (κ3) is 5.03. The SMILES string of the molecule is CC(C)CCNC(=O)C1CCN(S(=O)(=O)c2ccc(C#N)cc2)CC1. The molecule has 136 valence electrons. The minimum Gasteiger partial charge on any atom is -0.356 e. The highest BCUT2D eigenvalue weighted by molar-refractivity contribution is 7.89. The topological polar surface area (TPSA) is 90.3 Å². The average Bonchev–Trinajstić information content (AvgIpc) is 2.61. The van der Waals surface area contributed by atoms with E-state index in [4.69, 9.17) is 5.26 Å². The summed E-state index contributed by atoms with van der Waals surface area (Å²) in [5, 5.41) is 11.7. The van der Waals surface area contributed by atoms with Crippen molar-refractivity contribution >= 4 is 15.9 Å². The minimum atomic E-state index is -3.57. The van der Waals surface area contributed by atoms with Crippen LogP contribution in [0.15, 0.2) is 29.2 Å². The minimum absolute atomic E-state index is 0.0241. The molecule has 1 aromatic rings. The fourth-order valence-electron chi connectivity index (χ4n) is 2.84. The lowest BCUT2D eigenvalue weighted by molar-refractivity contribution is -0.126. The van der Waals surface area contributed by atoms with Crippen LogP contribution in [-0.2, 0) is 14.8 Å². The maximum absolute atomic E-state index is 12.7. The summed E-state index contributed by atoms with van der Waals surface area (Å²) in [7, 11) is -3.57. The molecule has 0 spiro atoms. The molecular weight excluding hydrogens is 338 g/mol. The van der Waals surface area contributed by atoms with Crippen LogP contribution in [0.2, 0.25) is 0 Å². The van der Waals surface area contributed by atoms with Crippen molar-refractivity contribution in [3.63, 3.8) is 0 Å². The molecule has 1 fully saturated rings. The largest absolute Gasteiger partial charge is 0.356 e. The quantitative estimate of drug-likeness (QED) is 0.838. The van der Waals surface area contributed by atoms with Crippen LogP contribution in [0.25, 0.3) is 0 Å². The van der Waals surface area contributed by atoms with E-state index in [0.717, 1.165) is 6.42 Å². The second-order valence-corrected chi connectivity index (χ2v) is 8.73. The Labute approximate surface area is 149 Å². The summed E-state index contributed by atoms with van der Waals surface area (Å²) in [5.74, 6) is 0.440. The molecule has 1 heterocycles. The van der Waals surface area contributed by atoms with Crippen molar-refractivity contribution in [3.8, 4) is 6.07 Å². The van der Waals surface area contributed by atoms with Crippen LogP contribution in [0.5, 0.6) is 0 Å². The number of rotatable bonds is 6. The molecule has 0 bridgehead atoms. The van der Waals surface area contributed by atoms with Gasteiger partial charge in [-0.1, -0.05) is 13.8 Å². The number of hydrogen-bond donors (Lipinski definition) is 1. The lowest BCUT2D eigenvalue weighted by Crippen LogP contribution is -2.43. The summed E-state index contributed by atoms with van der Waals surface area (Å²) >= 11 is 0. The van der Waals surface area contributed by atoms with E-state index in [0.29, 0.717) is 44.0 Å². The third-order valence-electron chi connectivity index (χ3n) is 4.47. The van der Waals surface area contributed by atoms with Gasteiger partial charge in [-0.2, -0.15) is 9.57 Å². The van der Waals surface area contributed by atoms with Crippen molar-refractivity contribution in [1.82, 2.24) is 9.62 Å². The van der Waals surface area contributed by atoms with Gasteiger partial charge in [0.1, 0.15) is 0 Å². The van der Waals surface area contributed by atoms with Gasteiger partial charge < -0.3 is 5.32 Å². The highest BCUT2D eigenvalue weighted by Gasteiger charge is 2.31. The first-order valence-corrected chi connectivity index (χ1v) is 10.1. The number of benzene rings is 1. The summed E-state index contributed by atoms with van der Waals surface area (Å²) in [6.45, 7) is 5.56. The van der Waals surface area contributed by atoms with E-state index in [1.165, 1.54) is 28.6 Å². The predicted molar refractivity (Wildman–Crippen MR) is 95.1 cm³/mol. The predicted octanol–water partition coefficient (Wildman–Crippen LogP) is 2.12. The fraction of sp³-hybridized carbons (Fsp3) is 0.556. The first-order chi connectivity index (χ1) is 11.8. The van der Waals surface area contributed by atoms with Gasteiger partial charge in [0.05, 0.1) is 16.5 Å². The fourth-order valence-corrected chi connectivity index (χ4v) is 4.31. The number of nitriles is 1. The molecule has 7 heteroatoms. The molecule has 0 radical (unpaired) electrons. The van der Waals surface area contributed by atoms with Crippen molar-refractivity contribution in [2.75, 3.05) is 19.6 Å². The van der Waals surface area contributed by atoms with Gasteiger partial charge in [0.2, 0.25) is 15.9 Å². The van der Waals surface area contributed by atoms with Crippen LogP contribution in [0.1, 0.15) is 38.7 Å². The maximum Gasteiger partial charge on any atom is 0.243 e. The first kappa shape index (κ1) is 19.4. The van der Waals surface area contributed by atoms with Crippen LogP contribution in [0.4, 0.5) is 0 Å². The Balaban J connectivity index is 1.92. The highest BCUT2D eigenvalue weighted by atomic mass is 32.2. The zero-order valence-electron chi connectivity index (χ0n) is 14.7. The number of hydrogen-bond acceptors (Lipinski definition) is 4. The standard InChI is InChI=1S/C18H25N3O3S/c1-14(2)7-10-20-18(22)16-8-11-21(12-9-16)25(23,24)17-5-3-15(13-19)4-6-17/h3-6,14,16H,7-12H2,1-2H3,(H,20,22). The van der Waals surface area contributed by atoms with Gasteiger partial charge in [-0.05, 0) is 49.4 Å². The molecule has 2 rings (SSSR count). The van der Waals surface area contributed by atoms with Crippen molar-refractivity contribution in [3.05, 3.63) is 29.8 Å². The molecule has 1 amide bonds. The van der Waals surface area contributed by atoms with Gasteiger partial charge in [-0.3, -0.25) is 4.79 Å². The number of amides is 1. The first-order valence-electron chi connectivity index (χ1n) is 8.62. The Morgan fingerprint density at radius 3 is 2.40 bits per heavy atom. The zero-order chi connectivity index (χ0) is 18.4. The van der Waals surface area contributed by atoms with E-state index in [1.54, 1.807) is 0 Å². The molecule has 25 heavy (non-hydrogen) atoms. The zero-order valence-corrected chi connectivity index (χ0v) is 15.6. The van der Waals surface area contributed by atoms with E-state index in [2.05, 4.69) is 19.2 Å². The smallest absolute Gasteiger partial charge is 0.243 e. The van der Waals surface area contributed by atoms with E-state index in [9.17, 15) is 13.2 Å².